The molecule has 0 fully saturated rings. The molecule has 2 N–H and O–H groups in total. The van der Waals surface area contributed by atoms with E-state index in [9.17, 15) is 0 Å². The first-order valence-corrected chi connectivity index (χ1v) is 8.59. The lowest BCUT2D eigenvalue weighted by atomic mass is 10.1. The van der Waals surface area contributed by atoms with Crippen molar-refractivity contribution < 1.29 is 0 Å². The van der Waals surface area contributed by atoms with Gasteiger partial charge < -0.3 is 10.6 Å². The molecule has 0 saturated heterocycles. The summed E-state index contributed by atoms with van der Waals surface area (Å²) in [6.07, 6.45) is 10.8. The lowest BCUT2D eigenvalue weighted by Gasteiger charge is -2.18. The fourth-order valence-electron chi connectivity index (χ4n) is 2.31. The molecule has 1 aliphatic rings. The maximum Gasteiger partial charge on any atom is 0.0586 e. The van der Waals surface area contributed by atoms with Crippen LogP contribution in [0.3, 0.4) is 0 Å². The predicted octanol–water partition coefficient (Wildman–Crippen LogP) is 5.02. The molecule has 0 saturated carbocycles. The number of para-hydroxylation sites is 1. The van der Waals surface area contributed by atoms with Crippen molar-refractivity contribution in [3.63, 3.8) is 0 Å². The molecule has 0 aliphatic carbocycles. The van der Waals surface area contributed by atoms with Crippen molar-refractivity contribution in [1.29, 1.82) is 0 Å². The van der Waals surface area contributed by atoms with Gasteiger partial charge >= 0.3 is 0 Å². The molecule has 0 aromatic heterocycles. The van der Waals surface area contributed by atoms with E-state index in [4.69, 9.17) is 11.6 Å². The summed E-state index contributed by atoms with van der Waals surface area (Å²) in [4.78, 5) is 4.55. The van der Waals surface area contributed by atoms with Gasteiger partial charge in [-0.3, -0.25) is 4.99 Å². The first-order chi connectivity index (χ1) is 11.7. The van der Waals surface area contributed by atoms with Gasteiger partial charge in [-0.05, 0) is 31.6 Å². The molecule has 0 radical (unpaired) electrons. The first kappa shape index (κ1) is 18.2. The van der Waals surface area contributed by atoms with E-state index in [1.54, 1.807) is 0 Å². The number of benzene rings is 1. The molecule has 1 aromatic rings. The fourth-order valence-corrected chi connectivity index (χ4v) is 2.55. The molecule has 126 valence electrons. The Bertz CT molecular complexity index is 682. The van der Waals surface area contributed by atoms with E-state index in [1.165, 1.54) is 0 Å². The highest BCUT2D eigenvalue weighted by Crippen LogP contribution is 2.22. The molecule has 0 unspecified atom stereocenters. The van der Waals surface area contributed by atoms with Gasteiger partial charge in [0.05, 0.1) is 10.7 Å². The minimum atomic E-state index is 0.722. The lowest BCUT2D eigenvalue weighted by molar-refractivity contribution is 0.786. The van der Waals surface area contributed by atoms with Crippen LogP contribution in [0.25, 0.3) is 0 Å². The highest BCUT2D eigenvalue weighted by molar-refractivity contribution is 6.34. The zero-order chi connectivity index (χ0) is 17.2. The summed E-state index contributed by atoms with van der Waals surface area (Å²) in [7, 11) is 0. The summed E-state index contributed by atoms with van der Waals surface area (Å²) in [6, 6.07) is 10.0. The number of nitrogens with zero attached hydrogens (tertiary/aromatic N) is 1. The minimum Gasteiger partial charge on any atom is -0.361 e. The first-order valence-electron chi connectivity index (χ1n) is 8.22. The van der Waals surface area contributed by atoms with Crippen LogP contribution < -0.4 is 10.6 Å². The van der Waals surface area contributed by atoms with Crippen molar-refractivity contribution in [3.05, 3.63) is 76.6 Å². The highest BCUT2D eigenvalue weighted by Gasteiger charge is 2.14. The Kier molecular flexibility index (Phi) is 7.53. The number of anilines is 1. The molecule has 0 atom stereocenters. The third-order valence-corrected chi connectivity index (χ3v) is 3.99. The third-order valence-electron chi connectivity index (χ3n) is 3.50. The van der Waals surface area contributed by atoms with Crippen molar-refractivity contribution in [2.75, 3.05) is 18.4 Å². The van der Waals surface area contributed by atoms with Gasteiger partial charge in [0.25, 0.3) is 0 Å². The molecule has 1 aliphatic heterocycles. The van der Waals surface area contributed by atoms with Gasteiger partial charge in [-0.2, -0.15) is 0 Å². The van der Waals surface area contributed by atoms with Crippen molar-refractivity contribution in [3.8, 4) is 0 Å². The SMILES string of the molecule is C/C=C\C(=C/CC)N=CC1=C(Cl)/C(=C/Nc2ccccc2)CNC1. The number of halogens is 1. The second-order valence-electron chi connectivity index (χ2n) is 5.42. The lowest BCUT2D eigenvalue weighted by Crippen LogP contribution is -2.27. The topological polar surface area (TPSA) is 36.4 Å². The molecule has 3 nitrogen and oxygen atoms in total. The van der Waals surface area contributed by atoms with Gasteiger partial charge in [0, 0.05) is 42.3 Å². The molecule has 0 spiro atoms. The van der Waals surface area contributed by atoms with E-state index in [0.29, 0.717) is 0 Å². The Balaban J connectivity index is 2.15. The average Bonchev–Trinajstić information content (AvgIpc) is 2.61. The fraction of sp³-hybridized carbons (Fsp3) is 0.250. The minimum absolute atomic E-state index is 0.722. The Labute approximate surface area is 149 Å². The number of hydrogen-bond donors (Lipinski definition) is 2. The second kappa shape index (κ2) is 9.91. The summed E-state index contributed by atoms with van der Waals surface area (Å²) in [5, 5.41) is 7.40. The number of hydrogen-bond acceptors (Lipinski definition) is 3. The number of aliphatic imine (C=N–C) groups is 1. The normalized spacial score (nSPS) is 18.1. The van der Waals surface area contributed by atoms with Crippen molar-refractivity contribution in [2.45, 2.75) is 20.3 Å². The van der Waals surface area contributed by atoms with Gasteiger partial charge in [-0.15, -0.1) is 0 Å². The smallest absolute Gasteiger partial charge is 0.0586 e. The van der Waals surface area contributed by atoms with Crippen LogP contribution in [0.4, 0.5) is 5.69 Å². The molecular weight excluding hydrogens is 318 g/mol. The maximum absolute atomic E-state index is 6.56. The second-order valence-corrected chi connectivity index (χ2v) is 5.80. The summed E-state index contributed by atoms with van der Waals surface area (Å²) in [5.41, 5.74) is 4.02. The number of rotatable bonds is 6. The molecule has 4 heteroatoms. The Hall–Kier alpha value is -2.10. The highest BCUT2D eigenvalue weighted by atomic mass is 35.5. The van der Waals surface area contributed by atoms with Gasteiger partial charge in [0.2, 0.25) is 0 Å². The van der Waals surface area contributed by atoms with Crippen molar-refractivity contribution >= 4 is 23.5 Å². The standard InChI is InChI=1S/C20H24ClN3/c1-3-8-18(9-4-2)23-14-16-12-22-13-17(20(16)21)15-24-19-10-6-5-7-11-19/h3,5-11,14-15,22,24H,4,12-13H2,1-2H3/b8-3-,17-15+,18-9+,23-14?. The van der Waals surface area contributed by atoms with E-state index < -0.39 is 0 Å². The van der Waals surface area contributed by atoms with Gasteiger partial charge in [-0.25, -0.2) is 0 Å². The largest absolute Gasteiger partial charge is 0.361 e. The van der Waals surface area contributed by atoms with E-state index in [2.05, 4.69) is 28.6 Å². The molecule has 1 heterocycles. The van der Waals surface area contributed by atoms with Crippen LogP contribution in [0.15, 0.2) is 81.6 Å². The van der Waals surface area contributed by atoms with Crippen molar-refractivity contribution in [1.82, 2.24) is 5.32 Å². The average molecular weight is 342 g/mol. The van der Waals surface area contributed by atoms with Crippen LogP contribution in [-0.2, 0) is 0 Å². The summed E-state index contributed by atoms with van der Waals surface area (Å²) >= 11 is 6.56. The predicted molar refractivity (Wildman–Crippen MR) is 106 cm³/mol. The molecule has 0 bridgehead atoms. The van der Waals surface area contributed by atoms with E-state index in [1.807, 2.05) is 61.8 Å². The molecule has 0 amide bonds. The van der Waals surface area contributed by atoms with Crippen LogP contribution in [0, 0.1) is 0 Å². The number of allylic oxidation sites excluding steroid dienone is 3. The Morgan fingerprint density at radius 3 is 2.79 bits per heavy atom. The quantitative estimate of drug-likeness (QED) is 0.563. The van der Waals surface area contributed by atoms with Crippen LogP contribution in [-0.4, -0.2) is 19.3 Å². The van der Waals surface area contributed by atoms with Crippen LogP contribution in [0.2, 0.25) is 0 Å². The Morgan fingerprint density at radius 2 is 2.08 bits per heavy atom. The Morgan fingerprint density at radius 1 is 1.29 bits per heavy atom. The van der Waals surface area contributed by atoms with Gasteiger partial charge in [0.1, 0.15) is 0 Å². The molecule has 2 rings (SSSR count). The van der Waals surface area contributed by atoms with Crippen molar-refractivity contribution in [2.24, 2.45) is 4.99 Å². The summed E-state index contributed by atoms with van der Waals surface area (Å²) < 4.78 is 0. The van der Waals surface area contributed by atoms with Crippen LogP contribution >= 0.6 is 11.6 Å². The zero-order valence-electron chi connectivity index (χ0n) is 14.2. The maximum atomic E-state index is 6.56. The van der Waals surface area contributed by atoms with Gasteiger partial charge in [0.15, 0.2) is 0 Å². The number of nitrogens with one attached hydrogen (secondary N) is 2. The van der Waals surface area contributed by atoms with Gasteiger partial charge in [-0.1, -0.05) is 48.9 Å². The molecule has 24 heavy (non-hydrogen) atoms. The molecular formula is C20H24ClN3. The van der Waals surface area contributed by atoms with Crippen LogP contribution in [0.1, 0.15) is 20.3 Å². The van der Waals surface area contributed by atoms with E-state index in [-0.39, 0.29) is 0 Å². The summed E-state index contributed by atoms with van der Waals surface area (Å²) in [5.74, 6) is 0. The van der Waals surface area contributed by atoms with E-state index >= 15 is 0 Å². The monoisotopic (exact) mass is 341 g/mol. The zero-order valence-corrected chi connectivity index (χ0v) is 15.0. The van der Waals surface area contributed by atoms with Crippen LogP contribution in [0.5, 0.6) is 0 Å². The third kappa shape index (κ3) is 5.52. The van der Waals surface area contributed by atoms with E-state index in [0.717, 1.165) is 47.1 Å². The summed E-state index contributed by atoms with van der Waals surface area (Å²) in [6.45, 7) is 5.55. The molecule has 1 aromatic carbocycles.